The molecule has 2 aliphatic rings. The summed E-state index contributed by atoms with van der Waals surface area (Å²) in [7, 11) is -2.89. The maximum atomic E-state index is 13.7. The van der Waals surface area contributed by atoms with Gasteiger partial charge in [0.15, 0.2) is 4.75 Å². The quantitative estimate of drug-likeness (QED) is 0.528. The zero-order valence-electron chi connectivity index (χ0n) is 19.6. The first-order chi connectivity index (χ1) is 17.1. The topological polar surface area (TPSA) is 102 Å². The van der Waals surface area contributed by atoms with Gasteiger partial charge < -0.3 is 14.4 Å². The molecule has 0 bridgehead atoms. The average Bonchev–Trinajstić information content (AvgIpc) is 2.89. The molecule has 1 aromatic carbocycles. The van der Waals surface area contributed by atoms with Crippen LogP contribution in [0, 0.1) is 0 Å². The number of nitrogens with zero attached hydrogens (tertiary/aromatic N) is 4. The van der Waals surface area contributed by atoms with Crippen LogP contribution in [0.5, 0.6) is 5.75 Å². The lowest BCUT2D eigenvalue weighted by Crippen LogP contribution is -2.60. The van der Waals surface area contributed by atoms with Gasteiger partial charge in [0.2, 0.25) is 16.0 Å². The van der Waals surface area contributed by atoms with Crippen LogP contribution in [-0.2, 0) is 25.7 Å². The van der Waals surface area contributed by atoms with Crippen LogP contribution in [0.15, 0.2) is 42.7 Å². The molecule has 2 fully saturated rings. The smallest absolute Gasteiger partial charge is 0.416 e. The predicted octanol–water partition coefficient (Wildman–Crippen LogP) is 2.88. The molecule has 0 atom stereocenters. The van der Waals surface area contributed by atoms with E-state index in [1.165, 1.54) is 23.5 Å². The van der Waals surface area contributed by atoms with E-state index in [9.17, 15) is 26.4 Å². The van der Waals surface area contributed by atoms with Crippen molar-refractivity contribution in [2.75, 3.05) is 38.2 Å². The van der Waals surface area contributed by atoms with Crippen LogP contribution in [0.2, 0.25) is 0 Å². The van der Waals surface area contributed by atoms with Crippen molar-refractivity contribution in [3.05, 3.63) is 48.3 Å². The molecule has 3 heterocycles. The van der Waals surface area contributed by atoms with Crippen LogP contribution in [0.1, 0.15) is 31.2 Å². The van der Waals surface area contributed by atoms with Crippen LogP contribution in [0.4, 0.5) is 19.1 Å². The number of aromatic nitrogens is 2. The number of carbonyl (C=O) groups excluding carboxylic acids is 1. The normalized spacial score (nSPS) is 19.6. The molecule has 13 heteroatoms. The summed E-state index contributed by atoms with van der Waals surface area (Å²) in [5.41, 5.74) is -0.770. The maximum absolute atomic E-state index is 13.7. The lowest BCUT2D eigenvalue weighted by molar-refractivity contribution is -0.144. The van der Waals surface area contributed by atoms with Crippen molar-refractivity contribution < 1.29 is 35.9 Å². The Kier molecular flexibility index (Phi) is 7.41. The number of sulfonamides is 1. The molecule has 0 saturated carbocycles. The van der Waals surface area contributed by atoms with Crippen molar-refractivity contribution in [3.63, 3.8) is 0 Å². The first-order valence-corrected chi connectivity index (χ1v) is 12.9. The summed E-state index contributed by atoms with van der Waals surface area (Å²) < 4.78 is 76.1. The second-order valence-corrected chi connectivity index (χ2v) is 11.0. The van der Waals surface area contributed by atoms with Gasteiger partial charge in [-0.25, -0.2) is 22.7 Å². The van der Waals surface area contributed by atoms with Gasteiger partial charge in [-0.2, -0.15) is 13.2 Å². The van der Waals surface area contributed by atoms with Gasteiger partial charge in [-0.15, -0.1) is 0 Å². The van der Waals surface area contributed by atoms with Gasteiger partial charge >= 0.3 is 12.1 Å². The van der Waals surface area contributed by atoms with E-state index in [0.717, 1.165) is 12.1 Å². The van der Waals surface area contributed by atoms with Gasteiger partial charge in [0, 0.05) is 38.6 Å². The summed E-state index contributed by atoms with van der Waals surface area (Å²) in [6.07, 6.45) is -0.874. The van der Waals surface area contributed by atoms with Crippen LogP contribution in [0.25, 0.3) is 0 Å². The number of carbonyl (C=O) groups is 1. The first-order valence-electron chi connectivity index (χ1n) is 11.5. The number of halogens is 3. The first kappa shape index (κ1) is 26.1. The predicted molar refractivity (Wildman–Crippen MR) is 124 cm³/mol. The van der Waals surface area contributed by atoms with E-state index in [4.69, 9.17) is 9.47 Å². The number of ether oxygens (including phenoxy) is 2. The Hall–Kier alpha value is -2.93. The zero-order valence-corrected chi connectivity index (χ0v) is 20.5. The Balaban J connectivity index is 1.41. The molecule has 196 valence electrons. The highest BCUT2D eigenvalue weighted by atomic mass is 32.2. The molecule has 2 saturated heterocycles. The highest BCUT2D eigenvalue weighted by Gasteiger charge is 2.56. The standard InChI is InChI=1S/C23H27F3N4O5S/c1-34-20(31)22(9-15-29(16-10-22)21-27-11-2-12-28-21)36(32,33)30-13-7-19(8-14-30)35-18-5-3-17(4-6-18)23(24,25)26/h2-6,11-12,19H,7-10,13-16H2,1H3. The van der Waals surface area contributed by atoms with Crippen LogP contribution < -0.4 is 9.64 Å². The van der Waals surface area contributed by atoms with Crippen molar-refractivity contribution >= 4 is 21.9 Å². The molecule has 1 aromatic heterocycles. The molecule has 0 radical (unpaired) electrons. The summed E-state index contributed by atoms with van der Waals surface area (Å²) in [5, 5.41) is 0. The Bertz CT molecular complexity index is 1150. The largest absolute Gasteiger partial charge is 0.490 e. The van der Waals surface area contributed by atoms with Crippen LogP contribution >= 0.6 is 0 Å². The van der Waals surface area contributed by atoms with Gasteiger partial charge in [-0.3, -0.25) is 4.79 Å². The molecule has 9 nitrogen and oxygen atoms in total. The highest BCUT2D eigenvalue weighted by molar-refractivity contribution is 7.91. The third-order valence-electron chi connectivity index (χ3n) is 6.68. The third kappa shape index (κ3) is 5.12. The molecule has 2 aliphatic heterocycles. The Morgan fingerprint density at radius 3 is 2.14 bits per heavy atom. The molecule has 0 aliphatic carbocycles. The summed E-state index contributed by atoms with van der Waals surface area (Å²) >= 11 is 0. The number of alkyl halides is 3. The molecule has 0 N–H and O–H groups in total. The van der Waals surface area contributed by atoms with E-state index < -0.39 is 32.5 Å². The van der Waals surface area contributed by atoms with Gasteiger partial charge in [-0.1, -0.05) is 0 Å². The van der Waals surface area contributed by atoms with Gasteiger partial charge in [0.05, 0.1) is 12.7 Å². The minimum absolute atomic E-state index is 0.0300. The second kappa shape index (κ2) is 10.2. The van der Waals surface area contributed by atoms with Crippen molar-refractivity contribution in [3.8, 4) is 5.75 Å². The fraction of sp³-hybridized carbons (Fsp3) is 0.522. The summed E-state index contributed by atoms with van der Waals surface area (Å²) in [6, 6.07) is 6.08. The third-order valence-corrected chi connectivity index (χ3v) is 9.29. The summed E-state index contributed by atoms with van der Waals surface area (Å²) in [6.45, 7) is 0.785. The van der Waals surface area contributed by atoms with Crippen molar-refractivity contribution in [1.82, 2.24) is 14.3 Å². The molecule has 0 unspecified atom stereocenters. The van der Waals surface area contributed by atoms with Gasteiger partial charge in [0.1, 0.15) is 11.9 Å². The van der Waals surface area contributed by atoms with E-state index in [-0.39, 0.29) is 50.9 Å². The van der Waals surface area contributed by atoms with E-state index in [1.807, 2.05) is 4.90 Å². The Morgan fingerprint density at radius 2 is 1.61 bits per heavy atom. The minimum atomic E-state index is -4.43. The van der Waals surface area contributed by atoms with E-state index >= 15 is 0 Å². The SMILES string of the molecule is COC(=O)C1(S(=O)(=O)N2CCC(Oc3ccc(C(F)(F)F)cc3)CC2)CCN(c2ncccn2)CC1. The fourth-order valence-corrected chi connectivity index (χ4v) is 6.81. The minimum Gasteiger partial charge on any atom is -0.490 e. The number of rotatable bonds is 6. The molecule has 2 aromatic rings. The Labute approximate surface area is 207 Å². The Morgan fingerprint density at radius 1 is 1.03 bits per heavy atom. The number of esters is 1. The fourth-order valence-electron chi connectivity index (χ4n) is 4.63. The van der Waals surface area contributed by atoms with Gasteiger partial charge in [-0.05, 0) is 56.0 Å². The maximum Gasteiger partial charge on any atom is 0.416 e. The molecule has 36 heavy (non-hydrogen) atoms. The average molecular weight is 529 g/mol. The molecule has 0 amide bonds. The highest BCUT2D eigenvalue weighted by Crippen LogP contribution is 2.37. The van der Waals surface area contributed by atoms with Crippen molar-refractivity contribution in [1.29, 1.82) is 0 Å². The number of anilines is 1. The van der Waals surface area contributed by atoms with Gasteiger partial charge in [0.25, 0.3) is 0 Å². The molecule has 0 spiro atoms. The van der Waals surface area contributed by atoms with E-state index in [0.29, 0.717) is 18.8 Å². The van der Waals surface area contributed by atoms with E-state index in [2.05, 4.69) is 9.97 Å². The van der Waals surface area contributed by atoms with Crippen LogP contribution in [0.3, 0.4) is 0 Å². The molecule has 4 rings (SSSR count). The number of piperidine rings is 2. The molecular weight excluding hydrogens is 501 g/mol. The second-order valence-electron chi connectivity index (χ2n) is 8.77. The number of hydrogen-bond acceptors (Lipinski definition) is 8. The van der Waals surface area contributed by atoms with Crippen LogP contribution in [-0.4, -0.2) is 72.8 Å². The summed E-state index contributed by atoms with van der Waals surface area (Å²) in [5.74, 6) is -0.0420. The monoisotopic (exact) mass is 528 g/mol. The number of methoxy groups -OCH3 is 1. The van der Waals surface area contributed by atoms with Crippen molar-refractivity contribution in [2.45, 2.75) is 42.7 Å². The zero-order chi connectivity index (χ0) is 26.0. The lowest BCUT2D eigenvalue weighted by Gasteiger charge is -2.42. The number of benzene rings is 1. The number of hydrogen-bond donors (Lipinski definition) is 0. The van der Waals surface area contributed by atoms with Crippen molar-refractivity contribution in [2.24, 2.45) is 0 Å². The van der Waals surface area contributed by atoms with E-state index in [1.54, 1.807) is 18.5 Å². The summed E-state index contributed by atoms with van der Waals surface area (Å²) in [4.78, 5) is 23.1. The lowest BCUT2D eigenvalue weighted by atomic mass is 9.96. The molecular formula is C23H27F3N4O5S.